The second-order valence-corrected chi connectivity index (χ2v) is 5.67. The van der Waals surface area contributed by atoms with E-state index < -0.39 is 0 Å². The molecule has 1 saturated heterocycles. The fourth-order valence-electron chi connectivity index (χ4n) is 2.13. The van der Waals surface area contributed by atoms with Gasteiger partial charge in [-0.3, -0.25) is 4.79 Å². The van der Waals surface area contributed by atoms with Crippen molar-refractivity contribution in [2.24, 2.45) is 0 Å². The van der Waals surface area contributed by atoms with Crippen LogP contribution in [0.25, 0.3) is 0 Å². The fourth-order valence-corrected chi connectivity index (χ4v) is 2.49. The lowest BCUT2D eigenvalue weighted by Crippen LogP contribution is -2.46. The van der Waals surface area contributed by atoms with Gasteiger partial charge in [-0.05, 0) is 66.2 Å². The van der Waals surface area contributed by atoms with Crippen LogP contribution in [0.1, 0.15) is 23.2 Å². The lowest BCUT2D eigenvalue weighted by atomic mass is 10.1. The summed E-state index contributed by atoms with van der Waals surface area (Å²) in [5.74, 6) is 0.120. The summed E-state index contributed by atoms with van der Waals surface area (Å²) in [6.07, 6.45) is 2.24. The third-order valence-corrected chi connectivity index (χ3v) is 3.95. The van der Waals surface area contributed by atoms with Crippen LogP contribution in [-0.4, -0.2) is 37.0 Å². The fraction of sp³-hybridized carbons (Fsp3) is 0.462. The maximum Gasteiger partial charge on any atom is 0.253 e. The molecule has 1 aliphatic rings. The number of nitrogens with zero attached hydrogens (tertiary/aromatic N) is 1. The average Bonchev–Trinajstić information content (AvgIpc) is 2.39. The zero-order valence-electron chi connectivity index (χ0n) is 10.4. The van der Waals surface area contributed by atoms with Crippen molar-refractivity contribution in [2.75, 3.05) is 20.1 Å². The van der Waals surface area contributed by atoms with Crippen LogP contribution in [0.15, 0.2) is 24.3 Å². The van der Waals surface area contributed by atoms with Crippen molar-refractivity contribution in [1.82, 2.24) is 10.2 Å². The molecule has 0 aliphatic carbocycles. The lowest BCUT2D eigenvalue weighted by Gasteiger charge is -2.31. The first-order chi connectivity index (χ1) is 8.18. The Morgan fingerprint density at radius 3 is 2.61 bits per heavy atom. The van der Waals surface area contributed by atoms with Crippen molar-refractivity contribution < 1.29 is 4.79 Å². The molecule has 1 amide bonds. The van der Waals surface area contributed by atoms with E-state index in [1.807, 2.05) is 36.2 Å². The Morgan fingerprint density at radius 1 is 1.39 bits per heavy atom. The molecule has 0 radical (unpaired) electrons. The first kappa shape index (κ1) is 15.7. The number of hydrogen-bond donors (Lipinski definition) is 1. The van der Waals surface area contributed by atoms with Gasteiger partial charge in [-0.15, -0.1) is 12.4 Å². The number of likely N-dealkylation sites (N-methyl/N-ethyl adjacent to an activating group) is 1. The normalized spacial score (nSPS) is 18.9. The van der Waals surface area contributed by atoms with E-state index >= 15 is 0 Å². The third-order valence-electron chi connectivity index (χ3n) is 3.23. The molecule has 1 aromatic carbocycles. The van der Waals surface area contributed by atoms with Crippen LogP contribution in [0.4, 0.5) is 0 Å². The van der Waals surface area contributed by atoms with Gasteiger partial charge in [0.05, 0.1) is 0 Å². The van der Waals surface area contributed by atoms with E-state index in [4.69, 9.17) is 0 Å². The number of rotatable bonds is 2. The molecule has 0 bridgehead atoms. The van der Waals surface area contributed by atoms with Crippen LogP contribution >= 0.6 is 35.0 Å². The number of carbonyl (C=O) groups is 1. The lowest BCUT2D eigenvalue weighted by molar-refractivity contribution is 0.0708. The molecule has 1 aliphatic heterocycles. The highest BCUT2D eigenvalue weighted by Crippen LogP contribution is 2.14. The Balaban J connectivity index is 0.00000162. The molecule has 100 valence electrons. The standard InChI is InChI=1S/C13H17IN2O.ClH/c1-16(12-3-2-8-15-9-12)13(17)10-4-6-11(14)7-5-10;/h4-7,12,15H,2-3,8-9H2,1H3;1H. The van der Waals surface area contributed by atoms with E-state index in [1.54, 1.807) is 0 Å². The summed E-state index contributed by atoms with van der Waals surface area (Å²) < 4.78 is 1.15. The summed E-state index contributed by atoms with van der Waals surface area (Å²) in [6, 6.07) is 8.07. The van der Waals surface area contributed by atoms with Crippen LogP contribution < -0.4 is 5.32 Å². The summed E-state index contributed by atoms with van der Waals surface area (Å²) >= 11 is 2.25. The molecule has 2 rings (SSSR count). The second kappa shape index (κ2) is 7.31. The summed E-state index contributed by atoms with van der Waals surface area (Å²) in [4.78, 5) is 14.1. The average molecular weight is 381 g/mol. The monoisotopic (exact) mass is 380 g/mol. The predicted octanol–water partition coefficient (Wildman–Crippen LogP) is 2.54. The van der Waals surface area contributed by atoms with E-state index in [2.05, 4.69) is 27.9 Å². The summed E-state index contributed by atoms with van der Waals surface area (Å²) in [6.45, 7) is 1.98. The largest absolute Gasteiger partial charge is 0.337 e. The van der Waals surface area contributed by atoms with Gasteiger partial charge in [0.15, 0.2) is 0 Å². The molecule has 1 fully saturated rings. The molecule has 0 spiro atoms. The van der Waals surface area contributed by atoms with Gasteiger partial charge in [-0.25, -0.2) is 0 Å². The van der Waals surface area contributed by atoms with E-state index in [1.165, 1.54) is 0 Å². The van der Waals surface area contributed by atoms with Crippen molar-refractivity contribution in [3.8, 4) is 0 Å². The number of halogens is 2. The molecular weight excluding hydrogens is 363 g/mol. The molecule has 0 saturated carbocycles. The van der Waals surface area contributed by atoms with E-state index in [9.17, 15) is 4.79 Å². The molecule has 0 aromatic heterocycles. The van der Waals surface area contributed by atoms with Gasteiger partial charge in [-0.2, -0.15) is 0 Å². The van der Waals surface area contributed by atoms with Gasteiger partial charge >= 0.3 is 0 Å². The van der Waals surface area contributed by atoms with E-state index in [0.29, 0.717) is 6.04 Å². The molecule has 1 heterocycles. The summed E-state index contributed by atoms with van der Waals surface area (Å²) in [7, 11) is 1.90. The quantitative estimate of drug-likeness (QED) is 0.800. The first-order valence-electron chi connectivity index (χ1n) is 5.92. The third kappa shape index (κ3) is 3.83. The van der Waals surface area contributed by atoms with Gasteiger partial charge in [-0.1, -0.05) is 0 Å². The maximum atomic E-state index is 12.3. The smallest absolute Gasteiger partial charge is 0.253 e. The summed E-state index contributed by atoms with van der Waals surface area (Å²) in [5.41, 5.74) is 0.776. The van der Waals surface area contributed by atoms with Gasteiger partial charge in [0.25, 0.3) is 5.91 Å². The molecule has 1 atom stereocenters. The Labute approximate surface area is 128 Å². The molecule has 5 heteroatoms. The van der Waals surface area contributed by atoms with Crippen LogP contribution in [0, 0.1) is 3.57 Å². The van der Waals surface area contributed by atoms with Crippen molar-refractivity contribution in [3.63, 3.8) is 0 Å². The van der Waals surface area contributed by atoms with Crippen LogP contribution in [0.5, 0.6) is 0 Å². The number of carbonyl (C=O) groups excluding carboxylic acids is 1. The minimum absolute atomic E-state index is 0. The molecule has 1 aromatic rings. The van der Waals surface area contributed by atoms with Gasteiger partial charge < -0.3 is 10.2 Å². The van der Waals surface area contributed by atoms with Crippen molar-refractivity contribution >= 4 is 40.9 Å². The van der Waals surface area contributed by atoms with E-state index in [0.717, 1.165) is 35.1 Å². The minimum Gasteiger partial charge on any atom is -0.337 e. The number of nitrogens with one attached hydrogen (secondary N) is 1. The van der Waals surface area contributed by atoms with Crippen molar-refractivity contribution in [1.29, 1.82) is 0 Å². The van der Waals surface area contributed by atoms with Gasteiger partial charge in [0.2, 0.25) is 0 Å². The van der Waals surface area contributed by atoms with Crippen LogP contribution in [0.3, 0.4) is 0 Å². The molecule has 3 nitrogen and oxygen atoms in total. The highest BCUT2D eigenvalue weighted by molar-refractivity contribution is 14.1. The number of hydrogen-bond acceptors (Lipinski definition) is 2. The number of amides is 1. The summed E-state index contributed by atoms with van der Waals surface area (Å²) in [5, 5.41) is 3.34. The zero-order valence-corrected chi connectivity index (χ0v) is 13.3. The highest BCUT2D eigenvalue weighted by atomic mass is 127. The molecule has 1 unspecified atom stereocenters. The molecule has 1 N–H and O–H groups in total. The van der Waals surface area contributed by atoms with Gasteiger partial charge in [0.1, 0.15) is 0 Å². The van der Waals surface area contributed by atoms with Crippen LogP contribution in [0.2, 0.25) is 0 Å². The zero-order chi connectivity index (χ0) is 12.3. The minimum atomic E-state index is 0. The Bertz CT molecular complexity index is 390. The van der Waals surface area contributed by atoms with Crippen molar-refractivity contribution in [2.45, 2.75) is 18.9 Å². The maximum absolute atomic E-state index is 12.3. The first-order valence-corrected chi connectivity index (χ1v) is 7.00. The van der Waals surface area contributed by atoms with Crippen LogP contribution in [-0.2, 0) is 0 Å². The SMILES string of the molecule is CN(C(=O)c1ccc(I)cc1)C1CCCNC1.Cl. The Hall–Kier alpha value is -0.330. The predicted molar refractivity (Wildman–Crippen MR) is 84.4 cm³/mol. The molecular formula is C13H18ClIN2O. The van der Waals surface area contributed by atoms with Gasteiger partial charge in [0, 0.05) is 28.8 Å². The van der Waals surface area contributed by atoms with E-state index in [-0.39, 0.29) is 18.3 Å². The topological polar surface area (TPSA) is 32.3 Å². The number of piperidine rings is 1. The second-order valence-electron chi connectivity index (χ2n) is 4.42. The van der Waals surface area contributed by atoms with Crippen molar-refractivity contribution in [3.05, 3.63) is 33.4 Å². The Morgan fingerprint density at radius 2 is 2.06 bits per heavy atom. The molecule has 18 heavy (non-hydrogen) atoms. The Kier molecular flexibility index (Phi) is 6.38. The number of benzene rings is 1. The highest BCUT2D eigenvalue weighted by Gasteiger charge is 2.22.